The molecule has 6 heteroatoms. The van der Waals surface area contributed by atoms with Crippen LogP contribution in [-0.4, -0.2) is 47.4 Å². The van der Waals surface area contributed by atoms with E-state index in [0.717, 1.165) is 12.8 Å². The van der Waals surface area contributed by atoms with Crippen molar-refractivity contribution in [3.8, 4) is 0 Å². The average molecular weight is 327 g/mol. The molecule has 1 aliphatic carbocycles. The number of amides is 1. The SMILES string of the molecule is CC1(C)OCC(C)(C)[C@H](C(=O)CCCC(O)C(=O)NC2CC2)O1. The van der Waals surface area contributed by atoms with Crippen molar-refractivity contribution in [3.63, 3.8) is 0 Å². The van der Waals surface area contributed by atoms with Crippen molar-refractivity contribution < 1.29 is 24.2 Å². The second kappa shape index (κ2) is 6.87. The third-order valence-electron chi connectivity index (χ3n) is 4.32. The maximum Gasteiger partial charge on any atom is 0.249 e. The van der Waals surface area contributed by atoms with Crippen molar-refractivity contribution in [2.24, 2.45) is 5.41 Å². The number of ether oxygens (including phenoxy) is 2. The summed E-state index contributed by atoms with van der Waals surface area (Å²) in [5.41, 5.74) is -0.380. The lowest BCUT2D eigenvalue weighted by Gasteiger charge is -2.45. The second-order valence-electron chi connectivity index (χ2n) is 7.83. The van der Waals surface area contributed by atoms with Crippen LogP contribution in [0, 0.1) is 5.41 Å². The summed E-state index contributed by atoms with van der Waals surface area (Å²) in [4.78, 5) is 24.1. The molecule has 1 saturated heterocycles. The highest BCUT2D eigenvalue weighted by molar-refractivity contribution is 5.84. The summed E-state index contributed by atoms with van der Waals surface area (Å²) in [6.45, 7) is 7.96. The molecule has 1 saturated carbocycles. The number of aliphatic hydroxyl groups is 1. The fourth-order valence-corrected chi connectivity index (χ4v) is 2.67. The van der Waals surface area contributed by atoms with E-state index in [-0.39, 0.29) is 36.0 Å². The number of nitrogens with one attached hydrogen (secondary N) is 1. The summed E-state index contributed by atoms with van der Waals surface area (Å²) in [7, 11) is 0. The molecule has 0 bridgehead atoms. The highest BCUT2D eigenvalue weighted by Gasteiger charge is 2.45. The summed E-state index contributed by atoms with van der Waals surface area (Å²) in [6, 6.07) is 0.234. The number of rotatable bonds is 7. The van der Waals surface area contributed by atoms with Crippen LogP contribution in [0.2, 0.25) is 0 Å². The van der Waals surface area contributed by atoms with Crippen LogP contribution < -0.4 is 5.32 Å². The highest BCUT2D eigenvalue weighted by Crippen LogP contribution is 2.36. The zero-order valence-electron chi connectivity index (χ0n) is 14.6. The second-order valence-corrected chi connectivity index (χ2v) is 7.83. The van der Waals surface area contributed by atoms with Crippen molar-refractivity contribution >= 4 is 11.7 Å². The molecule has 2 atom stereocenters. The van der Waals surface area contributed by atoms with Crippen LogP contribution >= 0.6 is 0 Å². The third kappa shape index (κ3) is 5.26. The van der Waals surface area contributed by atoms with E-state index in [4.69, 9.17) is 9.47 Å². The molecule has 23 heavy (non-hydrogen) atoms. The van der Waals surface area contributed by atoms with Crippen molar-refractivity contribution in [3.05, 3.63) is 0 Å². The van der Waals surface area contributed by atoms with Crippen molar-refractivity contribution in [2.45, 2.75) is 83.8 Å². The number of hydrogen-bond acceptors (Lipinski definition) is 5. The fraction of sp³-hybridized carbons (Fsp3) is 0.882. The molecule has 132 valence electrons. The molecule has 0 aromatic heterocycles. The first-order chi connectivity index (χ1) is 10.6. The van der Waals surface area contributed by atoms with Gasteiger partial charge in [-0.15, -0.1) is 0 Å². The third-order valence-corrected chi connectivity index (χ3v) is 4.32. The first-order valence-corrected chi connectivity index (χ1v) is 8.44. The highest BCUT2D eigenvalue weighted by atomic mass is 16.7. The van der Waals surface area contributed by atoms with E-state index in [1.54, 1.807) is 13.8 Å². The van der Waals surface area contributed by atoms with Crippen LogP contribution in [-0.2, 0) is 19.1 Å². The smallest absolute Gasteiger partial charge is 0.249 e. The number of carbonyl (C=O) groups excluding carboxylic acids is 2. The Kier molecular flexibility index (Phi) is 5.48. The van der Waals surface area contributed by atoms with Crippen molar-refractivity contribution in [1.29, 1.82) is 0 Å². The Balaban J connectivity index is 1.77. The molecule has 0 spiro atoms. The van der Waals surface area contributed by atoms with E-state index >= 15 is 0 Å². The first kappa shape index (κ1) is 18.4. The Morgan fingerprint density at radius 2 is 1.91 bits per heavy atom. The average Bonchev–Trinajstić information content (AvgIpc) is 3.25. The minimum atomic E-state index is -1.04. The summed E-state index contributed by atoms with van der Waals surface area (Å²) in [6.07, 6.45) is 1.46. The van der Waals surface area contributed by atoms with E-state index in [1.165, 1.54) is 0 Å². The fourth-order valence-electron chi connectivity index (χ4n) is 2.67. The van der Waals surface area contributed by atoms with Crippen LogP contribution in [0.3, 0.4) is 0 Å². The van der Waals surface area contributed by atoms with Gasteiger partial charge in [0.15, 0.2) is 11.6 Å². The number of aliphatic hydroxyl groups excluding tert-OH is 1. The van der Waals surface area contributed by atoms with E-state index in [9.17, 15) is 14.7 Å². The Bertz CT molecular complexity index is 456. The molecular formula is C17H29NO5. The standard InChI is InChI=1S/C17H29NO5/c1-16(2)10-22-17(3,4)23-14(16)12(19)6-5-7-13(20)15(21)18-11-8-9-11/h11,13-14,20H,5-10H2,1-4H3,(H,18,21)/t13?,14-/m0/s1. The zero-order chi connectivity index (χ0) is 17.3. The lowest BCUT2D eigenvalue weighted by atomic mass is 9.82. The summed E-state index contributed by atoms with van der Waals surface area (Å²) < 4.78 is 11.4. The van der Waals surface area contributed by atoms with Crippen LogP contribution in [0.4, 0.5) is 0 Å². The number of ketones is 1. The molecule has 1 heterocycles. The molecule has 1 unspecified atom stereocenters. The Labute approximate surface area is 137 Å². The lowest BCUT2D eigenvalue weighted by molar-refractivity contribution is -0.303. The monoisotopic (exact) mass is 327 g/mol. The molecule has 1 amide bonds. The largest absolute Gasteiger partial charge is 0.383 e. The van der Waals surface area contributed by atoms with Crippen LogP contribution in [0.25, 0.3) is 0 Å². The van der Waals surface area contributed by atoms with Gasteiger partial charge in [0.05, 0.1) is 6.61 Å². The summed E-state index contributed by atoms with van der Waals surface area (Å²) in [5.74, 6) is -1.09. The Morgan fingerprint density at radius 1 is 1.26 bits per heavy atom. The number of hydrogen-bond donors (Lipinski definition) is 2. The molecule has 0 aromatic carbocycles. The molecule has 1 aliphatic heterocycles. The quantitative estimate of drug-likeness (QED) is 0.741. The van der Waals surface area contributed by atoms with Gasteiger partial charge in [0.2, 0.25) is 5.91 Å². The number of carbonyl (C=O) groups is 2. The molecule has 2 aliphatic rings. The number of Topliss-reactive ketones (excluding diaryl/α,β-unsaturated/α-hetero) is 1. The van der Waals surface area contributed by atoms with Gasteiger partial charge in [-0.1, -0.05) is 13.8 Å². The summed E-state index contributed by atoms with van der Waals surface area (Å²) >= 11 is 0. The molecule has 2 rings (SSSR count). The Morgan fingerprint density at radius 3 is 2.52 bits per heavy atom. The molecule has 0 aromatic rings. The minimum Gasteiger partial charge on any atom is -0.383 e. The van der Waals surface area contributed by atoms with E-state index in [1.807, 2.05) is 13.8 Å². The van der Waals surface area contributed by atoms with Crippen molar-refractivity contribution in [2.75, 3.05) is 6.61 Å². The molecule has 6 nitrogen and oxygen atoms in total. The molecule has 2 fully saturated rings. The van der Waals surface area contributed by atoms with Gasteiger partial charge >= 0.3 is 0 Å². The van der Waals surface area contributed by atoms with Gasteiger partial charge in [-0.2, -0.15) is 0 Å². The maximum atomic E-state index is 12.5. The maximum absolute atomic E-state index is 12.5. The van der Waals surface area contributed by atoms with Crippen molar-refractivity contribution in [1.82, 2.24) is 5.32 Å². The van der Waals surface area contributed by atoms with Gasteiger partial charge < -0.3 is 19.9 Å². The van der Waals surface area contributed by atoms with Crippen LogP contribution in [0.1, 0.15) is 59.8 Å². The molecule has 0 radical (unpaired) electrons. The van der Waals surface area contributed by atoms with E-state index in [2.05, 4.69) is 5.32 Å². The minimum absolute atomic E-state index is 0.00109. The normalized spacial score (nSPS) is 27.3. The molecular weight excluding hydrogens is 298 g/mol. The van der Waals surface area contributed by atoms with E-state index < -0.39 is 18.0 Å². The predicted octanol–water partition coefficient (Wildman–Crippen LogP) is 1.54. The topological polar surface area (TPSA) is 84.9 Å². The Hall–Kier alpha value is -0.980. The van der Waals surface area contributed by atoms with E-state index in [0.29, 0.717) is 13.0 Å². The van der Waals surface area contributed by atoms with Gasteiger partial charge in [-0.05, 0) is 39.5 Å². The summed E-state index contributed by atoms with van der Waals surface area (Å²) in [5, 5.41) is 12.6. The lowest BCUT2D eigenvalue weighted by Crippen LogP contribution is -2.53. The first-order valence-electron chi connectivity index (χ1n) is 8.44. The van der Waals surface area contributed by atoms with Gasteiger partial charge in [-0.3, -0.25) is 9.59 Å². The van der Waals surface area contributed by atoms with Gasteiger partial charge in [0, 0.05) is 17.9 Å². The van der Waals surface area contributed by atoms with Crippen LogP contribution in [0.5, 0.6) is 0 Å². The van der Waals surface area contributed by atoms with Gasteiger partial charge in [0.1, 0.15) is 12.2 Å². The predicted molar refractivity (Wildman–Crippen MR) is 84.7 cm³/mol. The van der Waals surface area contributed by atoms with Crippen LogP contribution in [0.15, 0.2) is 0 Å². The van der Waals surface area contributed by atoms with Gasteiger partial charge in [0.25, 0.3) is 0 Å². The molecule has 2 N–H and O–H groups in total. The zero-order valence-corrected chi connectivity index (χ0v) is 14.6. The van der Waals surface area contributed by atoms with Gasteiger partial charge in [-0.25, -0.2) is 0 Å².